The zero-order valence-corrected chi connectivity index (χ0v) is 21.0. The van der Waals surface area contributed by atoms with E-state index in [0.29, 0.717) is 10.5 Å². The Morgan fingerprint density at radius 2 is 1.89 bits per heavy atom. The summed E-state index contributed by atoms with van der Waals surface area (Å²) in [5.74, 6) is 0.289. The molecule has 2 saturated heterocycles. The molecule has 3 aromatic heterocycles. The highest BCUT2D eigenvalue weighted by atomic mass is 32.1. The van der Waals surface area contributed by atoms with E-state index in [2.05, 4.69) is 36.9 Å². The molecule has 194 valence electrons. The number of benzene rings is 1. The molecule has 5 heterocycles. The number of nitrogens with two attached hydrogens (primary N) is 1. The fourth-order valence-electron chi connectivity index (χ4n) is 5.80. The van der Waals surface area contributed by atoms with Crippen molar-refractivity contribution in [3.63, 3.8) is 0 Å². The topological polar surface area (TPSA) is 91.1 Å². The van der Waals surface area contributed by atoms with E-state index < -0.39 is 18.5 Å². The van der Waals surface area contributed by atoms with Gasteiger partial charge in [0.25, 0.3) is 5.91 Å². The van der Waals surface area contributed by atoms with Crippen LogP contribution in [0, 0.1) is 5.41 Å². The molecule has 0 aliphatic carbocycles. The van der Waals surface area contributed by atoms with Crippen LogP contribution < -0.4 is 10.6 Å². The van der Waals surface area contributed by atoms with Gasteiger partial charge in [-0.2, -0.15) is 13.2 Å². The van der Waals surface area contributed by atoms with E-state index in [4.69, 9.17) is 5.73 Å². The van der Waals surface area contributed by atoms with Gasteiger partial charge < -0.3 is 15.6 Å². The van der Waals surface area contributed by atoms with Crippen molar-refractivity contribution in [2.75, 3.05) is 31.1 Å². The first-order valence-corrected chi connectivity index (χ1v) is 13.2. The van der Waals surface area contributed by atoms with E-state index in [1.807, 2.05) is 6.07 Å². The number of anilines is 1. The Bertz CT molecular complexity index is 1470. The normalized spacial score (nSPS) is 18.4. The first-order chi connectivity index (χ1) is 17.7. The van der Waals surface area contributed by atoms with Gasteiger partial charge in [0, 0.05) is 35.4 Å². The number of likely N-dealkylation sites (tertiary alicyclic amines) is 1. The summed E-state index contributed by atoms with van der Waals surface area (Å²) in [6.45, 7) is 4.51. The Morgan fingerprint density at radius 1 is 1.11 bits per heavy atom. The van der Waals surface area contributed by atoms with E-state index in [0.717, 1.165) is 85.4 Å². The molecule has 1 aromatic carbocycles. The highest BCUT2D eigenvalue weighted by Gasteiger charge is 2.41. The van der Waals surface area contributed by atoms with Crippen molar-refractivity contribution in [3.05, 3.63) is 52.8 Å². The second kappa shape index (κ2) is 8.98. The lowest BCUT2D eigenvalue weighted by Gasteiger charge is -2.39. The lowest BCUT2D eigenvalue weighted by molar-refractivity contribution is -0.126. The number of H-pyrrole nitrogens is 1. The van der Waals surface area contributed by atoms with Gasteiger partial charge in [0.15, 0.2) is 0 Å². The molecule has 0 bridgehead atoms. The molecule has 0 radical (unpaired) electrons. The molecule has 1 spiro atoms. The van der Waals surface area contributed by atoms with Gasteiger partial charge in [0.1, 0.15) is 22.7 Å². The maximum Gasteiger partial charge on any atom is 0.393 e. The molecule has 0 unspecified atom stereocenters. The van der Waals surface area contributed by atoms with Crippen LogP contribution in [0.25, 0.3) is 21.1 Å². The van der Waals surface area contributed by atoms with Crippen LogP contribution in [0.5, 0.6) is 0 Å². The Morgan fingerprint density at radius 3 is 2.65 bits per heavy atom. The van der Waals surface area contributed by atoms with Gasteiger partial charge in [-0.15, -0.1) is 11.3 Å². The van der Waals surface area contributed by atoms with Gasteiger partial charge in [0.2, 0.25) is 0 Å². The summed E-state index contributed by atoms with van der Waals surface area (Å²) in [6, 6.07) is 9.58. The SMILES string of the molecule is NC(=O)c1cc2ccc(CN3CCC4(CC3)CCN(c3ncnc5sc(CC(F)(F)F)cc35)C4)cc2[nH]1. The molecule has 6 rings (SSSR count). The molecule has 3 N–H and O–H groups in total. The number of aromatic amines is 1. The number of hydrogen-bond acceptors (Lipinski definition) is 6. The van der Waals surface area contributed by atoms with Crippen LogP contribution in [-0.2, 0) is 13.0 Å². The second-order valence-electron chi connectivity index (χ2n) is 10.3. The van der Waals surface area contributed by atoms with Crippen LogP contribution in [0.2, 0.25) is 0 Å². The Hall–Kier alpha value is -3.18. The third-order valence-electron chi connectivity index (χ3n) is 7.75. The number of carbonyl (C=O) groups excluding carboxylic acids is 1. The number of nitrogens with one attached hydrogen (secondary N) is 1. The Kier molecular flexibility index (Phi) is 5.87. The third-order valence-corrected chi connectivity index (χ3v) is 8.79. The summed E-state index contributed by atoms with van der Waals surface area (Å²) in [7, 11) is 0. The van der Waals surface area contributed by atoms with Gasteiger partial charge in [-0.1, -0.05) is 12.1 Å². The molecule has 0 atom stereocenters. The van der Waals surface area contributed by atoms with Crippen LogP contribution in [0.3, 0.4) is 0 Å². The molecule has 37 heavy (non-hydrogen) atoms. The zero-order chi connectivity index (χ0) is 25.8. The minimum absolute atomic E-state index is 0.193. The Labute approximate surface area is 215 Å². The molecular formula is C26H27F3N6OS. The Balaban J connectivity index is 1.11. The van der Waals surface area contributed by atoms with Crippen LogP contribution in [0.1, 0.15) is 40.2 Å². The lowest BCUT2D eigenvalue weighted by atomic mass is 9.77. The third kappa shape index (κ3) is 4.89. The summed E-state index contributed by atoms with van der Waals surface area (Å²) >= 11 is 1.10. The van der Waals surface area contributed by atoms with Crippen molar-refractivity contribution in [2.24, 2.45) is 11.1 Å². The average Bonchev–Trinajstić information content (AvgIpc) is 3.56. The number of nitrogens with zero attached hydrogens (tertiary/aromatic N) is 4. The predicted molar refractivity (Wildman–Crippen MR) is 138 cm³/mol. The van der Waals surface area contributed by atoms with Crippen molar-refractivity contribution >= 4 is 44.2 Å². The number of rotatable bonds is 5. The minimum atomic E-state index is -4.24. The maximum absolute atomic E-state index is 12.9. The number of fused-ring (bicyclic) bond motifs is 2. The zero-order valence-electron chi connectivity index (χ0n) is 20.1. The van der Waals surface area contributed by atoms with Crippen LogP contribution >= 0.6 is 11.3 Å². The van der Waals surface area contributed by atoms with E-state index in [-0.39, 0.29) is 10.3 Å². The molecule has 2 aliphatic heterocycles. The number of aromatic nitrogens is 3. The van der Waals surface area contributed by atoms with E-state index >= 15 is 0 Å². The van der Waals surface area contributed by atoms with Gasteiger partial charge >= 0.3 is 6.18 Å². The number of alkyl halides is 3. The van der Waals surface area contributed by atoms with Gasteiger partial charge in [0.05, 0.1) is 11.8 Å². The summed E-state index contributed by atoms with van der Waals surface area (Å²) in [6.07, 6.45) is -0.520. The van der Waals surface area contributed by atoms with Crippen molar-refractivity contribution in [3.8, 4) is 0 Å². The smallest absolute Gasteiger partial charge is 0.364 e. The standard InChI is InChI=1S/C26H27F3N6OS/c27-26(28,29)12-18-11-19-23(31-15-32-24(19)37-18)35-8-5-25(14-35)3-6-34(7-4-25)13-16-1-2-17-10-21(22(30)36)33-20(17)9-16/h1-2,9-11,15,33H,3-8,12-14H2,(H2,30,36). The maximum atomic E-state index is 12.9. The van der Waals surface area contributed by atoms with Crippen LogP contribution in [0.15, 0.2) is 36.7 Å². The molecule has 1 amide bonds. The quantitative estimate of drug-likeness (QED) is 0.386. The van der Waals surface area contributed by atoms with Crippen molar-refractivity contribution in [1.29, 1.82) is 0 Å². The van der Waals surface area contributed by atoms with E-state index in [1.54, 1.807) is 12.1 Å². The number of piperidine rings is 1. The summed E-state index contributed by atoms with van der Waals surface area (Å²) in [4.78, 5) is 28.8. The highest BCUT2D eigenvalue weighted by Crippen LogP contribution is 2.43. The van der Waals surface area contributed by atoms with E-state index in [1.165, 1.54) is 11.9 Å². The summed E-state index contributed by atoms with van der Waals surface area (Å²) in [5.41, 5.74) is 8.09. The number of primary amides is 1. The van der Waals surface area contributed by atoms with Gasteiger partial charge in [-0.25, -0.2) is 9.97 Å². The fraction of sp³-hybridized carbons (Fsp3) is 0.423. The van der Waals surface area contributed by atoms with Gasteiger partial charge in [-0.05, 0) is 61.5 Å². The molecule has 0 saturated carbocycles. The average molecular weight is 529 g/mol. The highest BCUT2D eigenvalue weighted by molar-refractivity contribution is 7.18. The largest absolute Gasteiger partial charge is 0.393 e. The van der Waals surface area contributed by atoms with Crippen LogP contribution in [0.4, 0.5) is 19.0 Å². The molecule has 4 aromatic rings. The minimum Gasteiger partial charge on any atom is -0.364 e. The molecule has 2 fully saturated rings. The van der Waals surface area contributed by atoms with Crippen molar-refractivity contribution < 1.29 is 18.0 Å². The number of amides is 1. The second-order valence-corrected chi connectivity index (χ2v) is 11.5. The number of carbonyl (C=O) groups is 1. The van der Waals surface area contributed by atoms with Crippen LogP contribution in [-0.4, -0.2) is 58.1 Å². The monoisotopic (exact) mass is 528 g/mol. The van der Waals surface area contributed by atoms with Crippen molar-refractivity contribution in [2.45, 2.75) is 38.4 Å². The summed E-state index contributed by atoms with van der Waals surface area (Å²) < 4.78 is 38.7. The van der Waals surface area contributed by atoms with Crippen molar-refractivity contribution in [1.82, 2.24) is 19.9 Å². The number of hydrogen-bond donors (Lipinski definition) is 2. The lowest BCUT2D eigenvalue weighted by Crippen LogP contribution is -2.41. The van der Waals surface area contributed by atoms with Gasteiger partial charge in [-0.3, -0.25) is 9.69 Å². The first kappa shape index (κ1) is 24.2. The number of halogens is 3. The molecule has 11 heteroatoms. The molecule has 7 nitrogen and oxygen atoms in total. The fourth-order valence-corrected chi connectivity index (χ4v) is 6.82. The number of thiophene rings is 1. The van der Waals surface area contributed by atoms with E-state index in [9.17, 15) is 18.0 Å². The molecular weight excluding hydrogens is 501 g/mol. The first-order valence-electron chi connectivity index (χ1n) is 12.4. The summed E-state index contributed by atoms with van der Waals surface area (Å²) in [5, 5.41) is 1.69. The molecule has 2 aliphatic rings. The predicted octanol–water partition coefficient (Wildman–Crippen LogP) is 4.87.